The Labute approximate surface area is 97.5 Å². The molecule has 0 atom stereocenters. The third-order valence-corrected chi connectivity index (χ3v) is 2.21. The number of aromatic nitrogens is 3. The number of nitriles is 1. The molecule has 2 aromatic rings. The fourth-order valence-electron chi connectivity index (χ4n) is 1.43. The number of benzene rings is 1. The summed E-state index contributed by atoms with van der Waals surface area (Å²) < 4.78 is 14.5. The van der Waals surface area contributed by atoms with Crippen LogP contribution in [0.2, 0.25) is 0 Å². The van der Waals surface area contributed by atoms with Crippen LogP contribution in [-0.2, 0) is 13.6 Å². The van der Waals surface area contributed by atoms with E-state index in [4.69, 9.17) is 5.26 Å². The molecule has 6 heteroatoms. The maximum atomic E-state index is 12.9. The first-order valence-corrected chi connectivity index (χ1v) is 4.98. The van der Waals surface area contributed by atoms with Gasteiger partial charge in [0.2, 0.25) is 0 Å². The summed E-state index contributed by atoms with van der Waals surface area (Å²) in [7, 11) is 1.77. The van der Waals surface area contributed by atoms with Gasteiger partial charge in [0.15, 0.2) is 0 Å². The number of hydrogen-bond acceptors (Lipinski definition) is 4. The molecule has 0 radical (unpaired) electrons. The molecule has 0 amide bonds. The van der Waals surface area contributed by atoms with Crippen molar-refractivity contribution in [3.63, 3.8) is 0 Å². The summed E-state index contributed by atoms with van der Waals surface area (Å²) >= 11 is 0. The van der Waals surface area contributed by atoms with Crippen molar-refractivity contribution in [2.24, 2.45) is 7.05 Å². The maximum Gasteiger partial charge on any atom is 0.124 e. The molecular formula is C11H10FN5. The van der Waals surface area contributed by atoms with Gasteiger partial charge >= 0.3 is 0 Å². The molecule has 5 nitrogen and oxygen atoms in total. The minimum Gasteiger partial charge on any atom is -0.378 e. The average molecular weight is 231 g/mol. The van der Waals surface area contributed by atoms with E-state index in [0.717, 1.165) is 5.69 Å². The van der Waals surface area contributed by atoms with Crippen LogP contribution in [0.4, 0.5) is 10.1 Å². The van der Waals surface area contributed by atoms with Crippen LogP contribution in [0.3, 0.4) is 0 Å². The Bertz CT molecular complexity index is 569. The number of aryl methyl sites for hydroxylation is 1. The van der Waals surface area contributed by atoms with Crippen molar-refractivity contribution in [2.75, 3.05) is 5.32 Å². The third kappa shape index (κ3) is 2.58. The second-order valence-corrected chi connectivity index (χ2v) is 3.54. The highest BCUT2D eigenvalue weighted by Gasteiger charge is 2.04. The lowest BCUT2D eigenvalue weighted by molar-refractivity contribution is 0.627. The first kappa shape index (κ1) is 11.1. The second kappa shape index (κ2) is 4.61. The number of halogens is 1. The van der Waals surface area contributed by atoms with Crippen molar-refractivity contribution in [3.05, 3.63) is 41.5 Å². The van der Waals surface area contributed by atoms with Crippen molar-refractivity contribution in [2.45, 2.75) is 6.54 Å². The van der Waals surface area contributed by atoms with Crippen LogP contribution >= 0.6 is 0 Å². The standard InChI is InChI=1S/C11H10FN5/c1-17-7-10(15-16-17)6-14-11-3-2-9(12)4-8(11)5-13/h2-4,7,14H,6H2,1H3. The van der Waals surface area contributed by atoms with E-state index in [2.05, 4.69) is 15.6 Å². The Morgan fingerprint density at radius 1 is 1.53 bits per heavy atom. The average Bonchev–Trinajstić information content (AvgIpc) is 2.73. The van der Waals surface area contributed by atoms with Crippen LogP contribution in [0, 0.1) is 17.1 Å². The summed E-state index contributed by atoms with van der Waals surface area (Å²) in [4.78, 5) is 0. The highest BCUT2D eigenvalue weighted by Crippen LogP contribution is 2.16. The first-order chi connectivity index (χ1) is 8.19. The molecule has 86 valence electrons. The monoisotopic (exact) mass is 231 g/mol. The summed E-state index contributed by atoms with van der Waals surface area (Å²) in [5.41, 5.74) is 1.61. The number of hydrogen-bond donors (Lipinski definition) is 1. The van der Waals surface area contributed by atoms with Crippen molar-refractivity contribution in [1.29, 1.82) is 5.26 Å². The lowest BCUT2D eigenvalue weighted by atomic mass is 10.2. The Balaban J connectivity index is 2.12. The Kier molecular flexibility index (Phi) is 3.01. The van der Waals surface area contributed by atoms with Gasteiger partial charge < -0.3 is 5.32 Å². The number of rotatable bonds is 3. The SMILES string of the molecule is Cn1cc(CNc2ccc(F)cc2C#N)nn1. The van der Waals surface area contributed by atoms with E-state index in [1.807, 2.05) is 6.07 Å². The Hall–Kier alpha value is -2.42. The van der Waals surface area contributed by atoms with Crippen molar-refractivity contribution in [3.8, 4) is 6.07 Å². The highest BCUT2D eigenvalue weighted by atomic mass is 19.1. The predicted octanol–water partition coefficient (Wildman–Crippen LogP) is 1.44. The van der Waals surface area contributed by atoms with Crippen molar-refractivity contribution < 1.29 is 4.39 Å². The lowest BCUT2D eigenvalue weighted by Crippen LogP contribution is -2.02. The van der Waals surface area contributed by atoms with Crippen LogP contribution in [0.25, 0.3) is 0 Å². The van der Waals surface area contributed by atoms with E-state index in [9.17, 15) is 4.39 Å². The summed E-state index contributed by atoms with van der Waals surface area (Å²) in [5.74, 6) is -0.424. The molecule has 0 aliphatic rings. The fraction of sp³-hybridized carbons (Fsp3) is 0.182. The van der Waals surface area contributed by atoms with Gasteiger partial charge in [0, 0.05) is 13.2 Å². The molecule has 0 unspecified atom stereocenters. The molecule has 1 aromatic carbocycles. The second-order valence-electron chi connectivity index (χ2n) is 3.54. The Morgan fingerprint density at radius 2 is 2.35 bits per heavy atom. The van der Waals surface area contributed by atoms with E-state index in [-0.39, 0.29) is 5.56 Å². The molecule has 0 fully saturated rings. The molecule has 0 bridgehead atoms. The van der Waals surface area contributed by atoms with Gasteiger partial charge in [-0.1, -0.05) is 5.21 Å². The molecule has 2 rings (SSSR count). The zero-order valence-electron chi connectivity index (χ0n) is 9.18. The fourth-order valence-corrected chi connectivity index (χ4v) is 1.43. The lowest BCUT2D eigenvalue weighted by Gasteiger charge is -2.05. The van der Waals surface area contributed by atoms with Gasteiger partial charge in [-0.2, -0.15) is 5.26 Å². The van der Waals surface area contributed by atoms with Gasteiger partial charge in [-0.3, -0.25) is 4.68 Å². The minimum absolute atomic E-state index is 0.272. The molecule has 1 heterocycles. The third-order valence-electron chi connectivity index (χ3n) is 2.21. The van der Waals surface area contributed by atoms with Crippen molar-refractivity contribution in [1.82, 2.24) is 15.0 Å². The molecule has 0 aliphatic heterocycles. The molecular weight excluding hydrogens is 221 g/mol. The zero-order chi connectivity index (χ0) is 12.3. The zero-order valence-corrected chi connectivity index (χ0v) is 9.18. The van der Waals surface area contributed by atoms with E-state index < -0.39 is 5.82 Å². The molecule has 17 heavy (non-hydrogen) atoms. The molecule has 0 aliphatic carbocycles. The van der Waals surface area contributed by atoms with E-state index in [0.29, 0.717) is 12.2 Å². The smallest absolute Gasteiger partial charge is 0.124 e. The summed E-state index contributed by atoms with van der Waals surface area (Å²) in [5, 5.41) is 19.6. The number of nitrogens with zero attached hydrogens (tertiary/aromatic N) is 4. The van der Waals surface area contributed by atoms with Crippen LogP contribution in [-0.4, -0.2) is 15.0 Å². The van der Waals surface area contributed by atoms with Crippen LogP contribution < -0.4 is 5.32 Å². The van der Waals surface area contributed by atoms with Crippen LogP contribution in [0.15, 0.2) is 24.4 Å². The van der Waals surface area contributed by atoms with Crippen LogP contribution in [0.5, 0.6) is 0 Å². The van der Waals surface area contributed by atoms with Gasteiger partial charge in [-0.15, -0.1) is 5.10 Å². The van der Waals surface area contributed by atoms with Gasteiger partial charge in [-0.25, -0.2) is 4.39 Å². The van der Waals surface area contributed by atoms with Gasteiger partial charge in [0.05, 0.1) is 17.8 Å². The minimum atomic E-state index is -0.424. The highest BCUT2D eigenvalue weighted by molar-refractivity contribution is 5.57. The summed E-state index contributed by atoms with van der Waals surface area (Å²) in [6.45, 7) is 0.439. The summed E-state index contributed by atoms with van der Waals surface area (Å²) in [6, 6.07) is 5.96. The molecule has 0 saturated heterocycles. The molecule has 1 aromatic heterocycles. The quantitative estimate of drug-likeness (QED) is 0.867. The normalized spacial score (nSPS) is 9.94. The molecule has 0 saturated carbocycles. The maximum absolute atomic E-state index is 12.9. The van der Waals surface area contributed by atoms with Gasteiger partial charge in [0.1, 0.15) is 17.6 Å². The first-order valence-electron chi connectivity index (χ1n) is 4.98. The topological polar surface area (TPSA) is 66.5 Å². The Morgan fingerprint density at radius 3 is 3.00 bits per heavy atom. The largest absolute Gasteiger partial charge is 0.378 e. The van der Waals surface area contributed by atoms with E-state index >= 15 is 0 Å². The van der Waals surface area contributed by atoms with Crippen molar-refractivity contribution >= 4 is 5.69 Å². The van der Waals surface area contributed by atoms with E-state index in [1.54, 1.807) is 17.9 Å². The molecule has 1 N–H and O–H groups in total. The van der Waals surface area contributed by atoms with E-state index in [1.165, 1.54) is 18.2 Å². The molecule has 0 spiro atoms. The number of anilines is 1. The van der Waals surface area contributed by atoms with Gasteiger partial charge in [-0.05, 0) is 18.2 Å². The van der Waals surface area contributed by atoms with Crippen LogP contribution in [0.1, 0.15) is 11.3 Å². The predicted molar refractivity (Wildman–Crippen MR) is 59.4 cm³/mol. The van der Waals surface area contributed by atoms with Gasteiger partial charge in [0.25, 0.3) is 0 Å². The summed E-state index contributed by atoms with van der Waals surface area (Å²) in [6.07, 6.45) is 1.77. The number of nitrogens with one attached hydrogen (secondary N) is 1.